The monoisotopic (exact) mass is 704 g/mol. The molecule has 0 aliphatic carbocycles. The lowest BCUT2D eigenvalue weighted by Crippen LogP contribution is -2.74. The summed E-state index contributed by atoms with van der Waals surface area (Å²) >= 11 is 0. The number of aromatic nitrogens is 1. The summed E-state index contributed by atoms with van der Waals surface area (Å²) in [6, 6.07) is 69.7. The number of nitrogens with zero attached hydrogens (tertiary/aromatic N) is 2. The van der Waals surface area contributed by atoms with Gasteiger partial charge in [-0.1, -0.05) is 121 Å². The van der Waals surface area contributed by atoms with Crippen LogP contribution in [0.1, 0.15) is 0 Å². The number of rotatable bonds is 8. The first-order chi connectivity index (χ1) is 26.1. The summed E-state index contributed by atoms with van der Waals surface area (Å²) in [6.07, 6.45) is 0. The highest BCUT2D eigenvalue weighted by Gasteiger charge is 2.41. The summed E-state index contributed by atoms with van der Waals surface area (Å²) in [5, 5.41) is 7.48. The number of hydrogen-bond acceptors (Lipinski definition) is 1. The normalized spacial score (nSPS) is 11.6. The van der Waals surface area contributed by atoms with Gasteiger partial charge in [-0.05, 0) is 106 Å². The maximum absolute atomic E-state index is 14.1. The fourth-order valence-corrected chi connectivity index (χ4v) is 12.7. The maximum Gasteiger partial charge on any atom is 0.179 e. The molecule has 1 heterocycles. The molecule has 254 valence electrons. The molecule has 9 aromatic rings. The molecule has 8 aromatic carbocycles. The summed E-state index contributed by atoms with van der Waals surface area (Å²) in [5.41, 5.74) is 5.90. The Labute approximate surface area is 308 Å². The van der Waals surface area contributed by atoms with Gasteiger partial charge in [-0.25, -0.2) is 8.78 Å². The van der Waals surface area contributed by atoms with Crippen molar-refractivity contribution in [2.75, 3.05) is 4.90 Å². The fraction of sp³-hybridized carbons (Fsp3) is 0. The quantitative estimate of drug-likeness (QED) is 0.113. The van der Waals surface area contributed by atoms with Gasteiger partial charge in [0.2, 0.25) is 0 Å². The molecule has 0 saturated carbocycles. The third-order valence-electron chi connectivity index (χ3n) is 10.3. The SMILES string of the molecule is Fc1ccc(N(c2ccc(F)cc2)c2ccc([Si](c3ccccc3)(c3ccccc3)c3ccc4c(c3)c3ccccc3n4-c3ccccc3)cc2)cc1. The summed E-state index contributed by atoms with van der Waals surface area (Å²) in [4.78, 5) is 2.03. The lowest BCUT2D eigenvalue weighted by Gasteiger charge is -2.35. The molecule has 9 rings (SSSR count). The van der Waals surface area contributed by atoms with E-state index in [9.17, 15) is 8.78 Å². The zero-order valence-corrected chi connectivity index (χ0v) is 29.8. The van der Waals surface area contributed by atoms with Gasteiger partial charge in [0, 0.05) is 33.5 Å². The molecular weight excluding hydrogens is 671 g/mol. The van der Waals surface area contributed by atoms with Crippen molar-refractivity contribution in [1.82, 2.24) is 4.57 Å². The minimum atomic E-state index is -2.93. The van der Waals surface area contributed by atoms with E-state index in [2.05, 4.69) is 162 Å². The van der Waals surface area contributed by atoms with Gasteiger partial charge in [0.1, 0.15) is 11.6 Å². The largest absolute Gasteiger partial charge is 0.310 e. The maximum atomic E-state index is 14.1. The molecule has 0 unspecified atom stereocenters. The van der Waals surface area contributed by atoms with E-state index < -0.39 is 8.07 Å². The molecule has 5 heteroatoms. The van der Waals surface area contributed by atoms with E-state index in [1.165, 1.54) is 61.3 Å². The van der Waals surface area contributed by atoms with E-state index in [1.807, 2.05) is 4.90 Å². The summed E-state index contributed by atoms with van der Waals surface area (Å²) < 4.78 is 30.5. The van der Waals surface area contributed by atoms with Crippen LogP contribution in [0.4, 0.5) is 25.8 Å². The van der Waals surface area contributed by atoms with Crippen LogP contribution in [0.25, 0.3) is 27.5 Å². The van der Waals surface area contributed by atoms with Gasteiger partial charge in [0.25, 0.3) is 0 Å². The highest BCUT2D eigenvalue weighted by atomic mass is 28.3. The van der Waals surface area contributed by atoms with Crippen molar-refractivity contribution < 1.29 is 8.78 Å². The van der Waals surface area contributed by atoms with Crippen molar-refractivity contribution in [3.63, 3.8) is 0 Å². The van der Waals surface area contributed by atoms with Gasteiger partial charge < -0.3 is 9.47 Å². The lowest BCUT2D eigenvalue weighted by atomic mass is 10.1. The Bertz CT molecular complexity index is 2570. The van der Waals surface area contributed by atoms with Crippen molar-refractivity contribution in [1.29, 1.82) is 0 Å². The number of para-hydroxylation sites is 2. The molecule has 53 heavy (non-hydrogen) atoms. The van der Waals surface area contributed by atoms with Crippen molar-refractivity contribution >= 4 is 67.7 Å². The summed E-state index contributed by atoms with van der Waals surface area (Å²) in [5.74, 6) is -0.623. The third kappa shape index (κ3) is 5.63. The Hall–Kier alpha value is -6.56. The molecule has 0 radical (unpaired) electrons. The first kappa shape index (κ1) is 32.4. The average Bonchev–Trinajstić information content (AvgIpc) is 3.55. The van der Waals surface area contributed by atoms with E-state index in [0.29, 0.717) is 0 Å². The van der Waals surface area contributed by atoms with Gasteiger partial charge in [0.15, 0.2) is 8.07 Å². The van der Waals surface area contributed by atoms with E-state index in [1.54, 1.807) is 24.3 Å². The van der Waals surface area contributed by atoms with E-state index in [-0.39, 0.29) is 11.6 Å². The van der Waals surface area contributed by atoms with Crippen molar-refractivity contribution in [2.24, 2.45) is 0 Å². The van der Waals surface area contributed by atoms with Crippen LogP contribution in [0.15, 0.2) is 206 Å². The first-order valence-corrected chi connectivity index (χ1v) is 19.7. The predicted molar refractivity (Wildman–Crippen MR) is 219 cm³/mol. The smallest absolute Gasteiger partial charge is 0.179 e. The number of benzene rings is 8. The van der Waals surface area contributed by atoms with Crippen LogP contribution in [0, 0.1) is 11.6 Å². The van der Waals surface area contributed by atoms with E-state index in [4.69, 9.17) is 0 Å². The van der Waals surface area contributed by atoms with Crippen LogP contribution in [0.2, 0.25) is 0 Å². The second-order valence-electron chi connectivity index (χ2n) is 13.2. The summed E-state index contributed by atoms with van der Waals surface area (Å²) in [7, 11) is -2.93. The Morgan fingerprint density at radius 3 is 1.32 bits per heavy atom. The highest BCUT2D eigenvalue weighted by Crippen LogP contribution is 2.35. The molecule has 0 spiro atoms. The first-order valence-electron chi connectivity index (χ1n) is 17.7. The second-order valence-corrected chi connectivity index (χ2v) is 17.0. The molecule has 0 saturated heterocycles. The van der Waals surface area contributed by atoms with Crippen LogP contribution in [-0.4, -0.2) is 12.6 Å². The Balaban J connectivity index is 1.29. The van der Waals surface area contributed by atoms with Crippen molar-refractivity contribution in [3.8, 4) is 5.69 Å². The molecule has 0 aliphatic rings. The summed E-state index contributed by atoms with van der Waals surface area (Å²) in [6.45, 7) is 0. The van der Waals surface area contributed by atoms with Gasteiger partial charge in [0.05, 0.1) is 11.0 Å². The van der Waals surface area contributed by atoms with Crippen LogP contribution >= 0.6 is 0 Å². The Morgan fingerprint density at radius 2 is 0.774 bits per heavy atom. The molecule has 0 atom stereocenters. The third-order valence-corrected chi connectivity index (χ3v) is 15.0. The molecule has 0 amide bonds. The zero-order chi connectivity index (χ0) is 35.8. The minimum absolute atomic E-state index is 0.312. The van der Waals surface area contributed by atoms with Gasteiger partial charge in [-0.15, -0.1) is 0 Å². The molecular formula is C48H34F2N2Si. The molecule has 1 aromatic heterocycles. The zero-order valence-electron chi connectivity index (χ0n) is 28.8. The van der Waals surface area contributed by atoms with Gasteiger partial charge >= 0.3 is 0 Å². The molecule has 0 bridgehead atoms. The molecule has 0 aliphatic heterocycles. The standard InChI is InChI=1S/C48H34F2N2Si/c49-35-20-24-38(25-21-35)51(39-26-22-36(50)23-27-39)40-28-30-43(31-29-40)53(41-14-6-2-7-15-41,42-16-8-3-9-17-42)44-32-33-48-46(34-44)45-18-10-11-19-47(45)52(48)37-12-4-1-5-13-37/h1-34H. The Kier molecular flexibility index (Phi) is 8.26. The van der Waals surface area contributed by atoms with Crippen LogP contribution in [-0.2, 0) is 0 Å². The van der Waals surface area contributed by atoms with Gasteiger partial charge in [-0.3, -0.25) is 0 Å². The van der Waals surface area contributed by atoms with Crippen LogP contribution in [0.5, 0.6) is 0 Å². The molecule has 0 N–H and O–H groups in total. The Morgan fingerprint density at radius 1 is 0.358 bits per heavy atom. The molecule has 2 nitrogen and oxygen atoms in total. The number of halogens is 2. The van der Waals surface area contributed by atoms with Crippen LogP contribution in [0.3, 0.4) is 0 Å². The predicted octanol–water partition coefficient (Wildman–Crippen LogP) is 9.91. The van der Waals surface area contributed by atoms with E-state index in [0.717, 1.165) is 28.3 Å². The van der Waals surface area contributed by atoms with E-state index >= 15 is 0 Å². The topological polar surface area (TPSA) is 8.17 Å². The van der Waals surface area contributed by atoms with Crippen molar-refractivity contribution in [2.45, 2.75) is 0 Å². The minimum Gasteiger partial charge on any atom is -0.310 e. The molecule has 0 fully saturated rings. The fourth-order valence-electron chi connectivity index (χ4n) is 7.93. The number of anilines is 3. The second kappa shape index (κ2) is 13.5. The van der Waals surface area contributed by atoms with Crippen molar-refractivity contribution in [3.05, 3.63) is 218 Å². The van der Waals surface area contributed by atoms with Crippen LogP contribution < -0.4 is 25.6 Å². The average molecular weight is 705 g/mol. The lowest BCUT2D eigenvalue weighted by molar-refractivity contribution is 0.628. The number of hydrogen-bond donors (Lipinski definition) is 0. The number of fused-ring (bicyclic) bond motifs is 3. The highest BCUT2D eigenvalue weighted by molar-refractivity contribution is 7.20. The van der Waals surface area contributed by atoms with Gasteiger partial charge in [-0.2, -0.15) is 0 Å².